The monoisotopic (exact) mass is 247 g/mol. The van der Waals surface area contributed by atoms with Gasteiger partial charge in [0.1, 0.15) is 5.82 Å². The van der Waals surface area contributed by atoms with Gasteiger partial charge in [-0.15, -0.1) is 0 Å². The van der Waals surface area contributed by atoms with E-state index in [0.717, 1.165) is 6.07 Å². The Hall–Kier alpha value is -0.940. The second-order valence-electron chi connectivity index (χ2n) is 2.47. The molecule has 0 aliphatic carbocycles. The third-order valence-corrected chi connectivity index (χ3v) is 2.24. The molecule has 5 heteroatoms. The Morgan fingerprint density at radius 1 is 1.62 bits per heavy atom. The van der Waals surface area contributed by atoms with E-state index in [9.17, 15) is 14.3 Å². The van der Waals surface area contributed by atoms with Crippen molar-refractivity contribution in [1.82, 2.24) is 0 Å². The van der Waals surface area contributed by atoms with Gasteiger partial charge >= 0.3 is 0 Å². The van der Waals surface area contributed by atoms with Gasteiger partial charge in [0.05, 0.1) is 0 Å². The fraction of sp³-hybridized carbons (Fsp3) is 0.125. The SMILES string of the molecule is NC(=O)C(O)c1cc(F)ccc1Br. The minimum atomic E-state index is -1.48. The highest BCUT2D eigenvalue weighted by molar-refractivity contribution is 9.10. The number of hydrogen-bond acceptors (Lipinski definition) is 2. The molecular formula is C8H7BrFNO2. The molecule has 0 radical (unpaired) electrons. The average molecular weight is 248 g/mol. The van der Waals surface area contributed by atoms with Crippen molar-refractivity contribution in [3.8, 4) is 0 Å². The van der Waals surface area contributed by atoms with Crippen LogP contribution in [-0.2, 0) is 4.79 Å². The van der Waals surface area contributed by atoms with Crippen LogP contribution in [0, 0.1) is 5.82 Å². The number of amides is 1. The summed E-state index contributed by atoms with van der Waals surface area (Å²) in [6, 6.07) is 3.66. The van der Waals surface area contributed by atoms with Crippen LogP contribution >= 0.6 is 15.9 Å². The van der Waals surface area contributed by atoms with E-state index in [-0.39, 0.29) is 5.56 Å². The van der Waals surface area contributed by atoms with Crippen LogP contribution < -0.4 is 5.73 Å². The molecule has 0 fully saturated rings. The number of rotatable bonds is 2. The van der Waals surface area contributed by atoms with Crippen LogP contribution in [0.25, 0.3) is 0 Å². The van der Waals surface area contributed by atoms with Crippen LogP contribution in [0.3, 0.4) is 0 Å². The van der Waals surface area contributed by atoms with Crippen molar-refractivity contribution >= 4 is 21.8 Å². The maximum Gasteiger partial charge on any atom is 0.250 e. The standard InChI is InChI=1S/C8H7BrFNO2/c9-6-2-1-4(10)3-5(6)7(12)8(11)13/h1-3,7,12H,(H2,11,13). The summed E-state index contributed by atoms with van der Waals surface area (Å²) in [6.45, 7) is 0. The Kier molecular flexibility index (Phi) is 3.00. The summed E-state index contributed by atoms with van der Waals surface area (Å²) < 4.78 is 13.1. The molecule has 1 atom stereocenters. The summed E-state index contributed by atoms with van der Waals surface area (Å²) in [5, 5.41) is 9.23. The third kappa shape index (κ3) is 2.26. The Balaban J connectivity index is 3.12. The molecule has 0 saturated heterocycles. The Morgan fingerprint density at radius 2 is 2.23 bits per heavy atom. The second-order valence-corrected chi connectivity index (χ2v) is 3.33. The molecule has 1 aromatic rings. The van der Waals surface area contributed by atoms with E-state index in [2.05, 4.69) is 15.9 Å². The summed E-state index contributed by atoms with van der Waals surface area (Å²) in [6.07, 6.45) is -1.48. The van der Waals surface area contributed by atoms with E-state index >= 15 is 0 Å². The molecule has 0 heterocycles. The third-order valence-electron chi connectivity index (χ3n) is 1.52. The first-order valence-electron chi connectivity index (χ1n) is 3.44. The smallest absolute Gasteiger partial charge is 0.250 e. The first-order chi connectivity index (χ1) is 6.02. The zero-order valence-corrected chi connectivity index (χ0v) is 8.08. The lowest BCUT2D eigenvalue weighted by atomic mass is 10.1. The van der Waals surface area contributed by atoms with E-state index in [0.29, 0.717) is 4.47 Å². The van der Waals surface area contributed by atoms with E-state index in [1.807, 2.05) is 0 Å². The number of halogens is 2. The number of benzene rings is 1. The highest BCUT2D eigenvalue weighted by Crippen LogP contribution is 2.23. The second kappa shape index (κ2) is 3.85. The molecule has 0 bridgehead atoms. The fourth-order valence-corrected chi connectivity index (χ4v) is 1.34. The molecule has 1 unspecified atom stereocenters. The molecule has 1 rings (SSSR count). The Bertz CT molecular complexity index is 343. The van der Waals surface area contributed by atoms with Gasteiger partial charge in [-0.05, 0) is 18.2 Å². The van der Waals surface area contributed by atoms with Gasteiger partial charge in [0.25, 0.3) is 5.91 Å². The van der Waals surface area contributed by atoms with Gasteiger partial charge in [0.15, 0.2) is 6.10 Å². The van der Waals surface area contributed by atoms with Gasteiger partial charge in [-0.1, -0.05) is 15.9 Å². The number of primary amides is 1. The Morgan fingerprint density at radius 3 is 2.77 bits per heavy atom. The lowest BCUT2D eigenvalue weighted by Gasteiger charge is -2.08. The highest BCUT2D eigenvalue weighted by Gasteiger charge is 2.17. The Labute approximate surface area is 82.5 Å². The number of nitrogens with two attached hydrogens (primary N) is 1. The number of carbonyl (C=O) groups excluding carboxylic acids is 1. The van der Waals surface area contributed by atoms with E-state index < -0.39 is 17.8 Å². The maximum absolute atomic E-state index is 12.7. The number of carbonyl (C=O) groups is 1. The van der Waals surface area contributed by atoms with Gasteiger partial charge in [-0.3, -0.25) is 4.79 Å². The lowest BCUT2D eigenvalue weighted by Crippen LogP contribution is -2.21. The molecule has 3 nitrogen and oxygen atoms in total. The largest absolute Gasteiger partial charge is 0.378 e. The summed E-state index contributed by atoms with van der Waals surface area (Å²) in [7, 11) is 0. The van der Waals surface area contributed by atoms with Crippen LogP contribution in [0.4, 0.5) is 4.39 Å². The molecule has 0 aliphatic heterocycles. The molecule has 0 aromatic heterocycles. The summed E-state index contributed by atoms with van der Waals surface area (Å²) in [5.41, 5.74) is 4.99. The number of aliphatic hydroxyl groups is 1. The normalized spacial score (nSPS) is 12.5. The highest BCUT2D eigenvalue weighted by atomic mass is 79.9. The van der Waals surface area contributed by atoms with Crippen LogP contribution in [-0.4, -0.2) is 11.0 Å². The number of hydrogen-bond donors (Lipinski definition) is 2. The lowest BCUT2D eigenvalue weighted by molar-refractivity contribution is -0.126. The molecule has 0 saturated carbocycles. The van der Waals surface area contributed by atoms with E-state index in [1.165, 1.54) is 12.1 Å². The van der Waals surface area contributed by atoms with Gasteiger partial charge in [0, 0.05) is 10.0 Å². The van der Waals surface area contributed by atoms with Gasteiger partial charge in [-0.25, -0.2) is 4.39 Å². The average Bonchev–Trinajstić information content (AvgIpc) is 2.08. The maximum atomic E-state index is 12.7. The molecule has 70 valence electrons. The van der Waals surface area contributed by atoms with E-state index in [4.69, 9.17) is 5.73 Å². The van der Waals surface area contributed by atoms with Crippen molar-refractivity contribution in [2.24, 2.45) is 5.73 Å². The molecule has 0 spiro atoms. The van der Waals surface area contributed by atoms with Gasteiger partial charge in [-0.2, -0.15) is 0 Å². The first-order valence-corrected chi connectivity index (χ1v) is 4.24. The minimum absolute atomic E-state index is 0.132. The molecule has 3 N–H and O–H groups in total. The van der Waals surface area contributed by atoms with E-state index in [1.54, 1.807) is 0 Å². The molecular weight excluding hydrogens is 241 g/mol. The van der Waals surface area contributed by atoms with Crippen LogP contribution in [0.15, 0.2) is 22.7 Å². The van der Waals surface area contributed by atoms with Crippen molar-refractivity contribution in [2.45, 2.75) is 6.10 Å². The quantitative estimate of drug-likeness (QED) is 0.823. The summed E-state index contributed by atoms with van der Waals surface area (Å²) in [4.78, 5) is 10.6. The summed E-state index contributed by atoms with van der Waals surface area (Å²) in [5.74, 6) is -1.44. The van der Waals surface area contributed by atoms with Crippen LogP contribution in [0.1, 0.15) is 11.7 Å². The van der Waals surface area contributed by atoms with Crippen molar-refractivity contribution in [1.29, 1.82) is 0 Å². The molecule has 1 amide bonds. The van der Waals surface area contributed by atoms with Crippen molar-refractivity contribution < 1.29 is 14.3 Å². The zero-order chi connectivity index (χ0) is 10.0. The fourth-order valence-electron chi connectivity index (χ4n) is 0.877. The van der Waals surface area contributed by atoms with Crippen molar-refractivity contribution in [2.75, 3.05) is 0 Å². The number of aliphatic hydroxyl groups excluding tert-OH is 1. The van der Waals surface area contributed by atoms with Crippen molar-refractivity contribution in [3.63, 3.8) is 0 Å². The topological polar surface area (TPSA) is 63.3 Å². The molecule has 0 aliphatic rings. The van der Waals surface area contributed by atoms with Crippen LogP contribution in [0.5, 0.6) is 0 Å². The minimum Gasteiger partial charge on any atom is -0.378 e. The van der Waals surface area contributed by atoms with Crippen LogP contribution in [0.2, 0.25) is 0 Å². The van der Waals surface area contributed by atoms with Gasteiger partial charge in [0.2, 0.25) is 0 Å². The predicted molar refractivity (Wildman–Crippen MR) is 48.3 cm³/mol. The molecule has 13 heavy (non-hydrogen) atoms. The van der Waals surface area contributed by atoms with Crippen molar-refractivity contribution in [3.05, 3.63) is 34.1 Å². The van der Waals surface area contributed by atoms with Gasteiger partial charge < -0.3 is 10.8 Å². The molecule has 1 aromatic carbocycles. The first kappa shape index (κ1) is 10.1. The zero-order valence-electron chi connectivity index (χ0n) is 6.50. The predicted octanol–water partition coefficient (Wildman–Crippen LogP) is 1.11. The summed E-state index contributed by atoms with van der Waals surface area (Å²) >= 11 is 3.06.